The first-order valence-corrected chi connectivity index (χ1v) is 7.70. The van der Waals surface area contributed by atoms with E-state index >= 15 is 0 Å². The molecule has 1 aliphatic rings. The van der Waals surface area contributed by atoms with Crippen molar-refractivity contribution in [2.75, 3.05) is 18.0 Å². The minimum atomic E-state index is 0.481. The third-order valence-corrected chi connectivity index (χ3v) is 3.92. The SMILES string of the molecule is C=C=CC1CN(c2ccccc2)C/C1=C\CCCCC. The van der Waals surface area contributed by atoms with Crippen LogP contribution in [0.4, 0.5) is 5.69 Å². The highest BCUT2D eigenvalue weighted by molar-refractivity contribution is 5.50. The molecule has 1 aromatic rings. The maximum atomic E-state index is 3.74. The molecule has 1 unspecified atom stereocenters. The summed E-state index contributed by atoms with van der Waals surface area (Å²) in [5.74, 6) is 0.481. The van der Waals surface area contributed by atoms with E-state index in [0.717, 1.165) is 13.1 Å². The van der Waals surface area contributed by atoms with E-state index < -0.39 is 0 Å². The molecule has 0 spiro atoms. The molecule has 1 aromatic carbocycles. The van der Waals surface area contributed by atoms with E-state index in [1.54, 1.807) is 0 Å². The smallest absolute Gasteiger partial charge is 0.0396 e. The van der Waals surface area contributed by atoms with Gasteiger partial charge in [0.2, 0.25) is 0 Å². The van der Waals surface area contributed by atoms with E-state index in [1.165, 1.54) is 36.9 Å². The van der Waals surface area contributed by atoms with Crippen molar-refractivity contribution in [3.63, 3.8) is 0 Å². The van der Waals surface area contributed by atoms with Crippen molar-refractivity contribution in [1.29, 1.82) is 0 Å². The summed E-state index contributed by atoms with van der Waals surface area (Å²) >= 11 is 0. The number of nitrogens with zero attached hydrogens (tertiary/aromatic N) is 1. The number of anilines is 1. The van der Waals surface area contributed by atoms with Crippen LogP contribution in [0.1, 0.15) is 32.6 Å². The average molecular weight is 267 g/mol. The number of hydrogen-bond acceptors (Lipinski definition) is 1. The fourth-order valence-electron chi connectivity index (χ4n) is 2.79. The van der Waals surface area contributed by atoms with Crippen LogP contribution >= 0.6 is 0 Å². The molecule has 0 aliphatic carbocycles. The summed E-state index contributed by atoms with van der Waals surface area (Å²) in [5.41, 5.74) is 5.81. The predicted octanol–water partition coefficient (Wildman–Crippen LogP) is 4.97. The number of rotatable bonds is 6. The lowest BCUT2D eigenvalue weighted by Gasteiger charge is -2.17. The van der Waals surface area contributed by atoms with Gasteiger partial charge in [0.25, 0.3) is 0 Å². The van der Waals surface area contributed by atoms with Crippen LogP contribution in [0.25, 0.3) is 0 Å². The van der Waals surface area contributed by atoms with Gasteiger partial charge in [-0.2, -0.15) is 0 Å². The zero-order valence-corrected chi connectivity index (χ0v) is 12.5. The molecule has 0 saturated carbocycles. The summed E-state index contributed by atoms with van der Waals surface area (Å²) < 4.78 is 0. The predicted molar refractivity (Wildman–Crippen MR) is 88.1 cm³/mol. The number of benzene rings is 1. The Labute approximate surface area is 123 Å². The summed E-state index contributed by atoms with van der Waals surface area (Å²) in [4.78, 5) is 2.45. The van der Waals surface area contributed by atoms with Gasteiger partial charge in [-0.1, -0.05) is 50.6 Å². The molecule has 1 nitrogen and oxygen atoms in total. The van der Waals surface area contributed by atoms with Crippen LogP contribution in [0.3, 0.4) is 0 Å². The van der Waals surface area contributed by atoms with Gasteiger partial charge in [-0.25, -0.2) is 0 Å². The van der Waals surface area contributed by atoms with Crippen LogP contribution in [0.5, 0.6) is 0 Å². The summed E-state index contributed by atoms with van der Waals surface area (Å²) in [7, 11) is 0. The largest absolute Gasteiger partial charge is 0.367 e. The Morgan fingerprint density at radius 1 is 1.30 bits per heavy atom. The summed E-state index contributed by atoms with van der Waals surface area (Å²) in [6.07, 6.45) is 9.68. The molecule has 1 heterocycles. The minimum Gasteiger partial charge on any atom is -0.367 e. The molecule has 0 bridgehead atoms. The molecule has 1 fully saturated rings. The Morgan fingerprint density at radius 3 is 2.80 bits per heavy atom. The Bertz CT molecular complexity index is 480. The third kappa shape index (κ3) is 3.88. The molecule has 0 radical (unpaired) electrons. The average Bonchev–Trinajstić information content (AvgIpc) is 2.88. The van der Waals surface area contributed by atoms with E-state index in [0.29, 0.717) is 5.92 Å². The fourth-order valence-corrected chi connectivity index (χ4v) is 2.79. The zero-order chi connectivity index (χ0) is 14.2. The molecule has 0 amide bonds. The Morgan fingerprint density at radius 2 is 2.10 bits per heavy atom. The zero-order valence-electron chi connectivity index (χ0n) is 12.5. The van der Waals surface area contributed by atoms with Gasteiger partial charge >= 0.3 is 0 Å². The van der Waals surface area contributed by atoms with Crippen LogP contribution < -0.4 is 4.90 Å². The van der Waals surface area contributed by atoms with E-state index in [9.17, 15) is 0 Å². The van der Waals surface area contributed by atoms with Gasteiger partial charge in [0, 0.05) is 24.7 Å². The molecule has 1 saturated heterocycles. The number of unbranched alkanes of at least 4 members (excludes halogenated alkanes) is 3. The van der Waals surface area contributed by atoms with Crippen LogP contribution in [-0.2, 0) is 0 Å². The minimum absolute atomic E-state index is 0.481. The van der Waals surface area contributed by atoms with E-state index in [2.05, 4.69) is 66.6 Å². The molecule has 2 rings (SSSR count). The highest BCUT2D eigenvalue weighted by Gasteiger charge is 2.25. The topological polar surface area (TPSA) is 3.24 Å². The van der Waals surface area contributed by atoms with Gasteiger partial charge < -0.3 is 4.90 Å². The van der Waals surface area contributed by atoms with Gasteiger partial charge in [0.1, 0.15) is 0 Å². The Balaban J connectivity index is 2.05. The van der Waals surface area contributed by atoms with Gasteiger partial charge in [0.15, 0.2) is 0 Å². The quantitative estimate of drug-likeness (QED) is 0.399. The highest BCUT2D eigenvalue weighted by atomic mass is 15.2. The van der Waals surface area contributed by atoms with Gasteiger partial charge in [-0.05, 0) is 36.6 Å². The van der Waals surface area contributed by atoms with Gasteiger partial charge in [-0.3, -0.25) is 0 Å². The van der Waals surface area contributed by atoms with Crippen molar-refractivity contribution in [2.24, 2.45) is 5.92 Å². The van der Waals surface area contributed by atoms with Crippen LogP contribution in [0.15, 0.2) is 60.4 Å². The molecule has 0 N–H and O–H groups in total. The molecule has 0 aromatic heterocycles. The van der Waals surface area contributed by atoms with Crippen LogP contribution in [0, 0.1) is 5.92 Å². The van der Waals surface area contributed by atoms with Crippen molar-refractivity contribution in [3.8, 4) is 0 Å². The third-order valence-electron chi connectivity index (χ3n) is 3.92. The van der Waals surface area contributed by atoms with Crippen molar-refractivity contribution in [1.82, 2.24) is 0 Å². The van der Waals surface area contributed by atoms with Gasteiger partial charge in [0.05, 0.1) is 0 Å². The maximum absolute atomic E-state index is 3.74. The lowest BCUT2D eigenvalue weighted by atomic mass is 10.0. The normalized spacial score (nSPS) is 20.1. The standard InChI is InChI=1S/C19H25N/c1-3-5-6-8-12-18-16-20(15-17(18)11-4-2)19-13-9-7-10-14-19/h7,9-14,17H,2-3,5-6,8,15-16H2,1H3/b18-12+. The van der Waals surface area contributed by atoms with Crippen molar-refractivity contribution in [3.05, 3.63) is 60.4 Å². The van der Waals surface area contributed by atoms with E-state index in [1.807, 2.05) is 0 Å². The number of allylic oxidation sites excluding steroid dienone is 1. The highest BCUT2D eigenvalue weighted by Crippen LogP contribution is 2.29. The van der Waals surface area contributed by atoms with Crippen LogP contribution in [0.2, 0.25) is 0 Å². The monoisotopic (exact) mass is 267 g/mol. The summed E-state index contributed by atoms with van der Waals surface area (Å²) in [5, 5.41) is 0. The summed E-state index contributed by atoms with van der Waals surface area (Å²) in [6.45, 7) is 8.08. The van der Waals surface area contributed by atoms with Crippen LogP contribution in [-0.4, -0.2) is 13.1 Å². The van der Waals surface area contributed by atoms with Gasteiger partial charge in [-0.15, -0.1) is 5.73 Å². The molecule has 1 heteroatoms. The number of para-hydroxylation sites is 1. The van der Waals surface area contributed by atoms with E-state index in [4.69, 9.17) is 0 Å². The molecule has 1 atom stereocenters. The van der Waals surface area contributed by atoms with Crippen molar-refractivity contribution in [2.45, 2.75) is 32.6 Å². The van der Waals surface area contributed by atoms with Crippen molar-refractivity contribution < 1.29 is 0 Å². The second-order valence-electron chi connectivity index (χ2n) is 5.47. The maximum Gasteiger partial charge on any atom is 0.0396 e. The lowest BCUT2D eigenvalue weighted by molar-refractivity contribution is 0.723. The molecular formula is C19H25N. The Kier molecular flexibility index (Phi) is 5.70. The second-order valence-corrected chi connectivity index (χ2v) is 5.47. The first kappa shape index (κ1) is 14.7. The van der Waals surface area contributed by atoms with Crippen molar-refractivity contribution >= 4 is 5.69 Å². The lowest BCUT2D eigenvalue weighted by Crippen LogP contribution is -2.18. The second kappa shape index (κ2) is 7.77. The molecule has 106 valence electrons. The fraction of sp³-hybridized carbons (Fsp3) is 0.421. The summed E-state index contributed by atoms with van der Waals surface area (Å²) in [6, 6.07) is 10.7. The first-order chi connectivity index (χ1) is 9.85. The van der Waals surface area contributed by atoms with E-state index in [-0.39, 0.29) is 0 Å². The molecule has 20 heavy (non-hydrogen) atoms. The number of hydrogen-bond donors (Lipinski definition) is 0. The molecular weight excluding hydrogens is 242 g/mol. The molecule has 1 aliphatic heterocycles. The Hall–Kier alpha value is -1.72. The first-order valence-electron chi connectivity index (χ1n) is 7.70.